The van der Waals surface area contributed by atoms with E-state index in [9.17, 15) is 21.6 Å². The topological polar surface area (TPSA) is 80.3 Å². The zero-order valence-corrected chi connectivity index (χ0v) is 14.6. The number of sulfonamides is 1. The van der Waals surface area contributed by atoms with Crippen molar-refractivity contribution in [3.05, 3.63) is 46.6 Å². The van der Waals surface area contributed by atoms with Crippen molar-refractivity contribution in [1.29, 1.82) is 0 Å². The van der Waals surface area contributed by atoms with Crippen LogP contribution in [-0.2, 0) is 16.2 Å². The summed E-state index contributed by atoms with van der Waals surface area (Å²) in [6.07, 6.45) is -4.07. The molecule has 0 amide bonds. The number of methoxy groups -OCH3 is 1. The molecule has 6 nitrogen and oxygen atoms in total. The third-order valence-corrected chi connectivity index (χ3v) is 4.64. The van der Waals surface area contributed by atoms with Gasteiger partial charge < -0.3 is 4.74 Å². The summed E-state index contributed by atoms with van der Waals surface area (Å²) in [6, 6.07) is 5.16. The summed E-state index contributed by atoms with van der Waals surface area (Å²) in [6.45, 7) is 1.69. The normalized spacial score (nSPS) is 12.1. The number of aryl methyl sites for hydroxylation is 1. The average molecular weight is 396 g/mol. The third-order valence-electron chi connectivity index (χ3n) is 3.08. The predicted molar refractivity (Wildman–Crippen MR) is 85.9 cm³/mol. The number of anilines is 1. The number of halogens is 4. The fourth-order valence-corrected chi connectivity index (χ4v) is 3.16. The Balaban J connectivity index is 2.25. The number of hydrazine groups is 1. The van der Waals surface area contributed by atoms with Crippen molar-refractivity contribution in [2.45, 2.75) is 18.0 Å². The molecule has 0 aliphatic carbocycles. The number of aromatic nitrogens is 1. The first kappa shape index (κ1) is 19.3. The van der Waals surface area contributed by atoms with Gasteiger partial charge in [0, 0.05) is 6.20 Å². The van der Waals surface area contributed by atoms with Gasteiger partial charge in [-0.15, -0.1) is 4.83 Å². The highest BCUT2D eigenvalue weighted by molar-refractivity contribution is 7.89. The second-order valence-corrected chi connectivity index (χ2v) is 7.00. The monoisotopic (exact) mass is 395 g/mol. The predicted octanol–water partition coefficient (Wildman–Crippen LogP) is 3.38. The maximum absolute atomic E-state index is 12.6. The standard InChI is InChI=1S/C14H13ClF3N3O3S/c1-8-3-4-11(24-2)12(5-8)25(22,23)21-20-13-10(15)6-9(7-19-13)14(16,17)18/h3-7,21H,1-2H3,(H,19,20). The van der Waals surface area contributed by atoms with E-state index in [0.717, 1.165) is 0 Å². The van der Waals surface area contributed by atoms with Crippen molar-refractivity contribution < 1.29 is 26.3 Å². The number of nitrogens with one attached hydrogen (secondary N) is 2. The molecule has 0 aliphatic heterocycles. The lowest BCUT2D eigenvalue weighted by atomic mass is 10.2. The quantitative estimate of drug-likeness (QED) is 0.759. The van der Waals surface area contributed by atoms with Crippen LogP contribution in [0.5, 0.6) is 5.75 Å². The van der Waals surface area contributed by atoms with Gasteiger partial charge in [-0.2, -0.15) is 13.2 Å². The third kappa shape index (κ3) is 4.53. The summed E-state index contributed by atoms with van der Waals surface area (Å²) in [5.74, 6) is -0.170. The lowest BCUT2D eigenvalue weighted by molar-refractivity contribution is -0.137. The number of rotatable bonds is 5. The molecule has 0 fully saturated rings. The highest BCUT2D eigenvalue weighted by Gasteiger charge is 2.31. The van der Waals surface area contributed by atoms with Crippen LogP contribution >= 0.6 is 11.6 Å². The van der Waals surface area contributed by atoms with Crippen LogP contribution < -0.4 is 15.0 Å². The first-order valence-corrected chi connectivity index (χ1v) is 8.56. The minimum atomic E-state index is -4.61. The molecule has 0 aliphatic rings. The minimum Gasteiger partial charge on any atom is -0.495 e. The Morgan fingerprint density at radius 2 is 1.92 bits per heavy atom. The second kappa shape index (κ2) is 7.06. The SMILES string of the molecule is COc1ccc(C)cc1S(=O)(=O)NNc1ncc(C(F)(F)F)cc1Cl. The molecular weight excluding hydrogens is 383 g/mol. The Kier molecular flexibility index (Phi) is 5.45. The van der Waals surface area contributed by atoms with Gasteiger partial charge in [0.25, 0.3) is 10.0 Å². The molecule has 0 radical (unpaired) electrons. The van der Waals surface area contributed by atoms with E-state index in [2.05, 4.69) is 10.4 Å². The number of hydrogen-bond acceptors (Lipinski definition) is 5. The number of benzene rings is 1. The Morgan fingerprint density at radius 1 is 1.24 bits per heavy atom. The van der Waals surface area contributed by atoms with Crippen LogP contribution in [0, 0.1) is 6.92 Å². The largest absolute Gasteiger partial charge is 0.495 e. The van der Waals surface area contributed by atoms with Crippen LogP contribution in [0.3, 0.4) is 0 Å². The molecule has 136 valence electrons. The lowest BCUT2D eigenvalue weighted by Crippen LogP contribution is -2.30. The Labute approximate surface area is 147 Å². The molecule has 0 saturated heterocycles. The van der Waals surface area contributed by atoms with E-state index in [0.29, 0.717) is 17.8 Å². The van der Waals surface area contributed by atoms with E-state index >= 15 is 0 Å². The average Bonchev–Trinajstić information content (AvgIpc) is 2.52. The van der Waals surface area contributed by atoms with Crippen LogP contribution in [-0.4, -0.2) is 20.5 Å². The molecule has 1 aromatic carbocycles. The van der Waals surface area contributed by atoms with Crippen LogP contribution in [0.25, 0.3) is 0 Å². The van der Waals surface area contributed by atoms with Gasteiger partial charge in [-0.25, -0.2) is 13.4 Å². The molecule has 0 saturated carbocycles. The van der Waals surface area contributed by atoms with Crippen molar-refractivity contribution in [2.75, 3.05) is 12.5 Å². The summed E-state index contributed by atoms with van der Waals surface area (Å²) in [7, 11) is -2.78. The number of alkyl halides is 3. The number of hydrogen-bond donors (Lipinski definition) is 2. The van der Waals surface area contributed by atoms with E-state index in [1.54, 1.807) is 13.0 Å². The second-order valence-electron chi connectivity index (χ2n) is 4.94. The van der Waals surface area contributed by atoms with Crippen molar-refractivity contribution in [3.8, 4) is 5.75 Å². The Hall–Kier alpha value is -2.04. The summed E-state index contributed by atoms with van der Waals surface area (Å²) in [5, 5.41) is -0.395. The van der Waals surface area contributed by atoms with E-state index in [1.807, 2.05) is 4.83 Å². The molecule has 1 heterocycles. The van der Waals surface area contributed by atoms with E-state index in [1.165, 1.54) is 19.2 Å². The van der Waals surface area contributed by atoms with Crippen molar-refractivity contribution >= 4 is 27.4 Å². The van der Waals surface area contributed by atoms with E-state index in [4.69, 9.17) is 16.3 Å². The van der Waals surface area contributed by atoms with Gasteiger partial charge in [-0.1, -0.05) is 17.7 Å². The summed E-state index contributed by atoms with van der Waals surface area (Å²) in [5.41, 5.74) is 1.82. The fourth-order valence-electron chi connectivity index (χ4n) is 1.85. The first-order chi connectivity index (χ1) is 11.5. The molecule has 0 bridgehead atoms. The molecular formula is C14H13ClF3N3O3S. The minimum absolute atomic E-state index is 0.103. The summed E-state index contributed by atoms with van der Waals surface area (Å²) >= 11 is 5.71. The Bertz CT molecular complexity index is 889. The maximum atomic E-state index is 12.6. The van der Waals surface area contributed by atoms with Gasteiger partial charge in [0.05, 0.1) is 17.7 Å². The zero-order chi connectivity index (χ0) is 18.8. The smallest absolute Gasteiger partial charge is 0.417 e. The van der Waals surface area contributed by atoms with Gasteiger partial charge in [0.15, 0.2) is 5.82 Å². The van der Waals surface area contributed by atoms with E-state index < -0.39 is 26.8 Å². The van der Waals surface area contributed by atoms with Crippen molar-refractivity contribution in [2.24, 2.45) is 0 Å². The number of ether oxygens (including phenoxy) is 1. The summed E-state index contributed by atoms with van der Waals surface area (Å²) in [4.78, 5) is 5.34. The molecule has 2 rings (SSSR count). The van der Waals surface area contributed by atoms with Gasteiger partial charge in [-0.05, 0) is 30.7 Å². The molecule has 11 heteroatoms. The van der Waals surface area contributed by atoms with Gasteiger partial charge in [-0.3, -0.25) is 5.43 Å². The van der Waals surface area contributed by atoms with Gasteiger partial charge in [0.1, 0.15) is 10.6 Å². The number of nitrogens with zero attached hydrogens (tertiary/aromatic N) is 1. The Morgan fingerprint density at radius 3 is 2.48 bits per heavy atom. The zero-order valence-electron chi connectivity index (χ0n) is 13.0. The molecule has 0 spiro atoms. The molecule has 2 N–H and O–H groups in total. The molecule has 0 atom stereocenters. The maximum Gasteiger partial charge on any atom is 0.417 e. The highest BCUT2D eigenvalue weighted by Crippen LogP contribution is 2.32. The van der Waals surface area contributed by atoms with Gasteiger partial charge >= 0.3 is 6.18 Å². The molecule has 1 aromatic heterocycles. The van der Waals surface area contributed by atoms with Crippen LogP contribution in [0.15, 0.2) is 35.4 Å². The molecule has 0 unspecified atom stereocenters. The summed E-state index contributed by atoms with van der Waals surface area (Å²) < 4.78 is 67.5. The first-order valence-electron chi connectivity index (χ1n) is 6.70. The van der Waals surface area contributed by atoms with Crippen molar-refractivity contribution in [3.63, 3.8) is 0 Å². The van der Waals surface area contributed by atoms with Crippen LogP contribution in [0.1, 0.15) is 11.1 Å². The van der Waals surface area contributed by atoms with Gasteiger partial charge in [0.2, 0.25) is 0 Å². The number of pyridine rings is 1. The fraction of sp³-hybridized carbons (Fsp3) is 0.214. The van der Waals surface area contributed by atoms with Crippen molar-refractivity contribution in [1.82, 2.24) is 9.82 Å². The van der Waals surface area contributed by atoms with Crippen LogP contribution in [0.2, 0.25) is 5.02 Å². The van der Waals surface area contributed by atoms with E-state index in [-0.39, 0.29) is 16.5 Å². The molecule has 2 aromatic rings. The lowest BCUT2D eigenvalue weighted by Gasteiger charge is -2.14. The highest BCUT2D eigenvalue weighted by atomic mass is 35.5. The van der Waals surface area contributed by atoms with Crippen LogP contribution in [0.4, 0.5) is 19.0 Å². The molecule has 25 heavy (non-hydrogen) atoms.